The summed E-state index contributed by atoms with van der Waals surface area (Å²) in [5.41, 5.74) is 4.57. The molecular weight excluding hydrogens is 404 g/mol. The highest BCUT2D eigenvalue weighted by atomic mass is 16.3. The molecule has 0 saturated carbocycles. The Labute approximate surface area is 186 Å². The standard InChI is InChI=1S/C24H28N6O2/c1-24(2,32)18-12-25-13-20(18)29-22-16-5-3-4-6-19(16)28-23(30-22)17-9-14(7-8-21(17)31)15-10-26-27-11-15/h3-10,15,18,20,25,27,31-32H,11-13H2,1-2H3,(H,28,29,30)/t15?,18-,20-/m1/s1. The first kappa shape index (κ1) is 20.7. The maximum Gasteiger partial charge on any atom is 0.165 e. The zero-order valence-electron chi connectivity index (χ0n) is 18.2. The monoisotopic (exact) mass is 432 g/mol. The molecule has 8 nitrogen and oxygen atoms in total. The largest absolute Gasteiger partial charge is 0.507 e. The van der Waals surface area contributed by atoms with E-state index in [1.807, 2.05) is 56.5 Å². The minimum absolute atomic E-state index is 0.0156. The SMILES string of the molecule is CC(C)(O)[C@@H]1CNC[C@H]1Nc1nc(-c2cc(C3C=NNC3)ccc2O)nc2ccccc12. The third-order valence-electron chi connectivity index (χ3n) is 6.39. The van der Waals surface area contributed by atoms with Crippen LogP contribution in [0.1, 0.15) is 25.3 Å². The fourth-order valence-corrected chi connectivity index (χ4v) is 4.57. The summed E-state index contributed by atoms with van der Waals surface area (Å²) in [6.45, 7) is 5.87. The number of benzene rings is 2. The van der Waals surface area contributed by atoms with Gasteiger partial charge in [0.1, 0.15) is 11.6 Å². The summed E-state index contributed by atoms with van der Waals surface area (Å²) < 4.78 is 0. The van der Waals surface area contributed by atoms with Crippen LogP contribution in [0.5, 0.6) is 5.75 Å². The van der Waals surface area contributed by atoms with E-state index >= 15 is 0 Å². The molecule has 1 aromatic heterocycles. The molecule has 5 N–H and O–H groups in total. The molecule has 0 aliphatic carbocycles. The van der Waals surface area contributed by atoms with Gasteiger partial charge < -0.3 is 26.3 Å². The van der Waals surface area contributed by atoms with Crippen molar-refractivity contribution in [1.82, 2.24) is 20.7 Å². The third kappa shape index (κ3) is 3.87. The number of fused-ring (bicyclic) bond motifs is 1. The Hall–Kier alpha value is -3.23. The first-order chi connectivity index (χ1) is 15.4. The van der Waals surface area contributed by atoms with E-state index in [0.29, 0.717) is 17.2 Å². The summed E-state index contributed by atoms with van der Waals surface area (Å²) in [5.74, 6) is 1.46. The number of phenolic OH excluding ortho intramolecular Hbond substituents is 1. The highest BCUT2D eigenvalue weighted by Gasteiger charge is 2.38. The van der Waals surface area contributed by atoms with Crippen LogP contribution in [-0.2, 0) is 0 Å². The van der Waals surface area contributed by atoms with Crippen molar-refractivity contribution in [1.29, 1.82) is 0 Å². The normalized spacial score (nSPS) is 22.9. The Morgan fingerprint density at radius 3 is 2.69 bits per heavy atom. The van der Waals surface area contributed by atoms with Gasteiger partial charge in [-0.2, -0.15) is 5.10 Å². The summed E-state index contributed by atoms with van der Waals surface area (Å²) in [6, 6.07) is 13.4. The molecule has 8 heteroatoms. The van der Waals surface area contributed by atoms with Crippen molar-refractivity contribution in [3.63, 3.8) is 0 Å². The summed E-state index contributed by atoms with van der Waals surface area (Å²) in [7, 11) is 0. The molecule has 1 fully saturated rings. The minimum atomic E-state index is -0.823. The second-order valence-corrected chi connectivity index (χ2v) is 9.11. The maximum atomic E-state index is 10.6. The van der Waals surface area contributed by atoms with Crippen molar-refractivity contribution >= 4 is 22.9 Å². The van der Waals surface area contributed by atoms with Crippen molar-refractivity contribution in [2.75, 3.05) is 25.0 Å². The van der Waals surface area contributed by atoms with Gasteiger partial charge in [-0.1, -0.05) is 18.2 Å². The molecule has 1 unspecified atom stereocenters. The topological polar surface area (TPSA) is 115 Å². The van der Waals surface area contributed by atoms with Gasteiger partial charge in [-0.05, 0) is 43.7 Å². The van der Waals surface area contributed by atoms with Crippen LogP contribution >= 0.6 is 0 Å². The number of nitrogens with one attached hydrogen (secondary N) is 3. The van der Waals surface area contributed by atoms with Gasteiger partial charge in [0.15, 0.2) is 5.82 Å². The number of hydrogen-bond acceptors (Lipinski definition) is 8. The summed E-state index contributed by atoms with van der Waals surface area (Å²) >= 11 is 0. The smallest absolute Gasteiger partial charge is 0.165 e. The number of aromatic hydroxyl groups is 1. The summed E-state index contributed by atoms with van der Waals surface area (Å²) in [5, 5.41) is 33.2. The minimum Gasteiger partial charge on any atom is -0.507 e. The Morgan fingerprint density at radius 2 is 1.91 bits per heavy atom. The van der Waals surface area contributed by atoms with Gasteiger partial charge in [-0.25, -0.2) is 9.97 Å². The van der Waals surface area contributed by atoms with E-state index in [0.717, 1.165) is 36.1 Å². The predicted molar refractivity (Wildman–Crippen MR) is 126 cm³/mol. The zero-order valence-corrected chi connectivity index (χ0v) is 18.2. The van der Waals surface area contributed by atoms with Gasteiger partial charge in [0.25, 0.3) is 0 Å². The number of hydrogen-bond donors (Lipinski definition) is 5. The van der Waals surface area contributed by atoms with Crippen molar-refractivity contribution < 1.29 is 10.2 Å². The molecule has 0 bridgehead atoms. The van der Waals surface area contributed by atoms with Crippen LogP contribution in [0.25, 0.3) is 22.3 Å². The van der Waals surface area contributed by atoms with Gasteiger partial charge in [0.2, 0.25) is 0 Å². The molecule has 2 aliphatic rings. The van der Waals surface area contributed by atoms with Crippen LogP contribution in [0, 0.1) is 5.92 Å². The third-order valence-corrected chi connectivity index (χ3v) is 6.39. The quantitative estimate of drug-likeness (QED) is 0.421. The average Bonchev–Trinajstić information content (AvgIpc) is 3.46. The van der Waals surface area contributed by atoms with Crippen LogP contribution in [-0.4, -0.2) is 57.7 Å². The number of para-hydroxylation sites is 1. The van der Waals surface area contributed by atoms with E-state index in [-0.39, 0.29) is 23.6 Å². The molecule has 32 heavy (non-hydrogen) atoms. The molecule has 0 amide bonds. The van der Waals surface area contributed by atoms with E-state index in [9.17, 15) is 10.2 Å². The molecule has 166 valence electrons. The zero-order chi connectivity index (χ0) is 22.3. The molecule has 0 radical (unpaired) electrons. The van der Waals surface area contributed by atoms with E-state index in [2.05, 4.69) is 21.2 Å². The number of rotatable bonds is 5. The molecule has 3 heterocycles. The number of phenols is 1. The molecular formula is C24H28N6O2. The van der Waals surface area contributed by atoms with Crippen LogP contribution in [0.15, 0.2) is 47.6 Å². The predicted octanol–water partition coefficient (Wildman–Crippen LogP) is 2.45. The van der Waals surface area contributed by atoms with Crippen LogP contribution < -0.4 is 16.1 Å². The van der Waals surface area contributed by atoms with Gasteiger partial charge in [-0.15, -0.1) is 0 Å². The Morgan fingerprint density at radius 1 is 1.06 bits per heavy atom. The molecule has 2 aliphatic heterocycles. The van der Waals surface area contributed by atoms with E-state index < -0.39 is 5.60 Å². The fourth-order valence-electron chi connectivity index (χ4n) is 4.57. The van der Waals surface area contributed by atoms with Gasteiger partial charge >= 0.3 is 0 Å². The van der Waals surface area contributed by atoms with E-state index in [4.69, 9.17) is 9.97 Å². The van der Waals surface area contributed by atoms with E-state index in [1.165, 1.54) is 0 Å². The first-order valence-electron chi connectivity index (χ1n) is 11.0. The molecule has 2 aromatic carbocycles. The van der Waals surface area contributed by atoms with Crippen molar-refractivity contribution in [2.45, 2.75) is 31.4 Å². The number of nitrogens with zero attached hydrogens (tertiary/aromatic N) is 3. The van der Waals surface area contributed by atoms with Crippen LogP contribution in [0.4, 0.5) is 5.82 Å². The number of aromatic nitrogens is 2. The molecule has 3 atom stereocenters. The highest BCUT2D eigenvalue weighted by molar-refractivity contribution is 5.91. The van der Waals surface area contributed by atoms with Gasteiger partial charge in [0.05, 0.1) is 16.7 Å². The Balaban J connectivity index is 1.57. The van der Waals surface area contributed by atoms with Gasteiger partial charge in [0, 0.05) is 49.1 Å². The number of aliphatic hydroxyl groups is 1. The van der Waals surface area contributed by atoms with Crippen LogP contribution in [0.2, 0.25) is 0 Å². The lowest BCUT2D eigenvalue weighted by Crippen LogP contribution is -2.42. The first-order valence-corrected chi connectivity index (χ1v) is 11.0. The summed E-state index contributed by atoms with van der Waals surface area (Å²) in [4.78, 5) is 9.59. The van der Waals surface area contributed by atoms with Crippen molar-refractivity contribution in [3.8, 4) is 17.1 Å². The second kappa shape index (κ2) is 8.03. The lowest BCUT2D eigenvalue weighted by molar-refractivity contribution is 0.0219. The molecule has 5 rings (SSSR count). The van der Waals surface area contributed by atoms with Crippen molar-refractivity contribution in [2.24, 2.45) is 11.0 Å². The average molecular weight is 433 g/mol. The molecule has 1 saturated heterocycles. The maximum absolute atomic E-state index is 10.6. The Kier molecular flexibility index (Phi) is 5.19. The van der Waals surface area contributed by atoms with E-state index in [1.54, 1.807) is 6.07 Å². The van der Waals surface area contributed by atoms with Crippen molar-refractivity contribution in [3.05, 3.63) is 48.0 Å². The highest BCUT2D eigenvalue weighted by Crippen LogP contribution is 2.34. The molecule has 0 spiro atoms. The lowest BCUT2D eigenvalue weighted by Gasteiger charge is -2.31. The van der Waals surface area contributed by atoms with Crippen LogP contribution in [0.3, 0.4) is 0 Å². The second-order valence-electron chi connectivity index (χ2n) is 9.11. The Bertz CT molecular complexity index is 1170. The number of hydrazone groups is 1. The molecule has 3 aromatic rings. The van der Waals surface area contributed by atoms with Gasteiger partial charge in [-0.3, -0.25) is 0 Å². The lowest BCUT2D eigenvalue weighted by atomic mass is 9.87. The number of anilines is 1. The summed E-state index contributed by atoms with van der Waals surface area (Å²) in [6.07, 6.45) is 1.87. The fraction of sp³-hybridized carbons (Fsp3) is 0.375.